The molecular formula is C85H167NO5. The average molecular weight is 1280 g/mol. The first-order valence-electron chi connectivity index (χ1n) is 42.4. The molecule has 0 aromatic heterocycles. The number of rotatable bonds is 81. The van der Waals surface area contributed by atoms with Crippen molar-refractivity contribution in [2.75, 3.05) is 13.2 Å². The first-order valence-corrected chi connectivity index (χ1v) is 42.4. The van der Waals surface area contributed by atoms with Gasteiger partial charge in [-0.15, -0.1) is 0 Å². The smallest absolute Gasteiger partial charge is 0.305 e. The summed E-state index contributed by atoms with van der Waals surface area (Å²) in [5, 5.41) is 23.5. The second-order valence-corrected chi connectivity index (χ2v) is 29.5. The van der Waals surface area contributed by atoms with Gasteiger partial charge in [0.05, 0.1) is 25.4 Å². The average Bonchev–Trinajstić information content (AvgIpc) is 3.75. The molecule has 2 unspecified atom stereocenters. The first kappa shape index (κ1) is 89.6. The molecule has 2 atom stereocenters. The zero-order chi connectivity index (χ0) is 65.6. The van der Waals surface area contributed by atoms with Gasteiger partial charge in [-0.05, 0) is 51.4 Å². The largest absolute Gasteiger partial charge is 0.466 e. The van der Waals surface area contributed by atoms with E-state index in [1.54, 1.807) is 0 Å². The van der Waals surface area contributed by atoms with Crippen LogP contribution >= 0.6 is 0 Å². The van der Waals surface area contributed by atoms with Gasteiger partial charge in [-0.1, -0.05) is 443 Å². The molecule has 0 spiro atoms. The van der Waals surface area contributed by atoms with Crippen molar-refractivity contribution < 1.29 is 24.5 Å². The fourth-order valence-electron chi connectivity index (χ4n) is 13.9. The Morgan fingerprint density at radius 1 is 0.297 bits per heavy atom. The van der Waals surface area contributed by atoms with Crippen LogP contribution in [-0.4, -0.2) is 47.4 Å². The standard InChI is InChI=1S/C85H167NO5/c1-3-5-7-9-11-13-15-17-19-21-22-23-39-42-46-49-53-57-61-65-69-73-77-83(88)82(81-87)86-84(89)78-74-70-66-62-58-54-50-47-43-40-37-35-33-31-29-27-25-24-26-28-30-32-34-36-38-41-44-48-52-56-60-64-68-72-76-80-91-85(90)79-75-71-67-63-59-55-51-45-20-18-16-14-12-10-8-6-4-2/h26,28,82-83,87-88H,3-25,27,29-81H2,1-2H3,(H,86,89)/b28-26-. The van der Waals surface area contributed by atoms with Gasteiger partial charge in [0, 0.05) is 12.8 Å². The summed E-state index contributed by atoms with van der Waals surface area (Å²) in [5.41, 5.74) is 0. The van der Waals surface area contributed by atoms with E-state index in [1.165, 1.54) is 424 Å². The second-order valence-electron chi connectivity index (χ2n) is 29.5. The fourth-order valence-corrected chi connectivity index (χ4v) is 13.9. The molecule has 0 heterocycles. The Labute approximate surface area is 571 Å². The van der Waals surface area contributed by atoms with E-state index in [0.717, 1.165) is 38.5 Å². The van der Waals surface area contributed by atoms with Gasteiger partial charge in [-0.3, -0.25) is 9.59 Å². The summed E-state index contributed by atoms with van der Waals surface area (Å²) in [7, 11) is 0. The highest BCUT2D eigenvalue weighted by atomic mass is 16.5. The Kier molecular flexibility index (Phi) is 79.8. The zero-order valence-electron chi connectivity index (χ0n) is 62.4. The van der Waals surface area contributed by atoms with Crippen LogP contribution in [0.2, 0.25) is 0 Å². The highest BCUT2D eigenvalue weighted by Gasteiger charge is 2.20. The molecular weight excluding hydrogens is 1110 g/mol. The zero-order valence-corrected chi connectivity index (χ0v) is 62.4. The van der Waals surface area contributed by atoms with Crippen LogP contribution in [0.15, 0.2) is 12.2 Å². The van der Waals surface area contributed by atoms with E-state index in [0.29, 0.717) is 25.9 Å². The van der Waals surface area contributed by atoms with E-state index in [2.05, 4.69) is 31.3 Å². The third-order valence-corrected chi connectivity index (χ3v) is 20.3. The molecule has 0 fully saturated rings. The molecule has 91 heavy (non-hydrogen) atoms. The number of aliphatic hydroxyl groups excluding tert-OH is 2. The molecule has 0 radical (unpaired) electrons. The van der Waals surface area contributed by atoms with Crippen LogP contribution in [0.25, 0.3) is 0 Å². The molecule has 0 aliphatic heterocycles. The number of aliphatic hydroxyl groups is 2. The van der Waals surface area contributed by atoms with Gasteiger partial charge >= 0.3 is 5.97 Å². The van der Waals surface area contributed by atoms with E-state index >= 15 is 0 Å². The van der Waals surface area contributed by atoms with Crippen LogP contribution < -0.4 is 5.32 Å². The number of nitrogens with one attached hydrogen (secondary N) is 1. The van der Waals surface area contributed by atoms with Gasteiger partial charge in [-0.2, -0.15) is 0 Å². The molecule has 0 bridgehead atoms. The Bertz CT molecular complexity index is 1380. The summed E-state index contributed by atoms with van der Waals surface area (Å²) in [6.45, 7) is 5.02. The van der Waals surface area contributed by atoms with Crippen molar-refractivity contribution in [1.29, 1.82) is 0 Å². The van der Waals surface area contributed by atoms with Gasteiger partial charge in [0.15, 0.2) is 0 Å². The summed E-state index contributed by atoms with van der Waals surface area (Å²) < 4.78 is 5.52. The highest BCUT2D eigenvalue weighted by Crippen LogP contribution is 2.21. The van der Waals surface area contributed by atoms with Crippen molar-refractivity contribution in [3.8, 4) is 0 Å². The number of amides is 1. The predicted molar refractivity (Wildman–Crippen MR) is 403 cm³/mol. The minimum Gasteiger partial charge on any atom is -0.466 e. The minimum atomic E-state index is -0.663. The number of allylic oxidation sites excluding steroid dienone is 2. The Balaban J connectivity index is 3.33. The van der Waals surface area contributed by atoms with Crippen LogP contribution in [-0.2, 0) is 14.3 Å². The van der Waals surface area contributed by atoms with Gasteiger partial charge in [0.25, 0.3) is 0 Å². The molecule has 3 N–H and O–H groups in total. The van der Waals surface area contributed by atoms with Crippen LogP contribution in [0, 0.1) is 0 Å². The summed E-state index contributed by atoms with van der Waals surface area (Å²) >= 11 is 0. The van der Waals surface area contributed by atoms with Crippen LogP contribution in [0.5, 0.6) is 0 Å². The predicted octanol–water partition coefficient (Wildman–Crippen LogP) is 28.2. The van der Waals surface area contributed by atoms with Gasteiger partial charge in [-0.25, -0.2) is 0 Å². The number of esters is 1. The number of hydrogen-bond donors (Lipinski definition) is 3. The maximum Gasteiger partial charge on any atom is 0.305 e. The van der Waals surface area contributed by atoms with Crippen LogP contribution in [0.1, 0.15) is 495 Å². The van der Waals surface area contributed by atoms with E-state index in [1.807, 2.05) is 0 Å². The molecule has 0 aromatic carbocycles. The van der Waals surface area contributed by atoms with Crippen molar-refractivity contribution in [1.82, 2.24) is 5.32 Å². The normalized spacial score (nSPS) is 12.4. The second kappa shape index (κ2) is 81.0. The number of ether oxygens (including phenoxy) is 1. The number of hydrogen-bond acceptors (Lipinski definition) is 5. The van der Waals surface area contributed by atoms with Crippen LogP contribution in [0.4, 0.5) is 0 Å². The molecule has 6 heteroatoms. The molecule has 0 rings (SSSR count). The summed E-state index contributed by atoms with van der Waals surface area (Å²) in [6, 6.07) is -0.539. The lowest BCUT2D eigenvalue weighted by Gasteiger charge is -2.22. The van der Waals surface area contributed by atoms with E-state index < -0.39 is 12.1 Å². The topological polar surface area (TPSA) is 95.9 Å². The summed E-state index contributed by atoms with van der Waals surface area (Å²) in [5.74, 6) is 0.000452. The molecule has 1 amide bonds. The molecule has 0 aromatic rings. The third-order valence-electron chi connectivity index (χ3n) is 20.3. The van der Waals surface area contributed by atoms with E-state index in [4.69, 9.17) is 4.74 Å². The fraction of sp³-hybridized carbons (Fsp3) is 0.953. The Hall–Kier alpha value is -1.40. The molecule has 6 nitrogen and oxygen atoms in total. The molecule has 0 aliphatic carbocycles. The van der Waals surface area contributed by atoms with Gasteiger partial charge < -0.3 is 20.3 Å². The van der Waals surface area contributed by atoms with Gasteiger partial charge in [0.2, 0.25) is 5.91 Å². The summed E-state index contributed by atoms with van der Waals surface area (Å²) in [4.78, 5) is 24.7. The lowest BCUT2D eigenvalue weighted by atomic mass is 10.0. The highest BCUT2D eigenvalue weighted by molar-refractivity contribution is 5.76. The summed E-state index contributed by atoms with van der Waals surface area (Å²) in [6.07, 6.45) is 103. The van der Waals surface area contributed by atoms with E-state index in [9.17, 15) is 19.8 Å². The molecule has 0 aliphatic rings. The quantitative estimate of drug-likeness (QED) is 0.0320. The Morgan fingerprint density at radius 3 is 0.780 bits per heavy atom. The lowest BCUT2D eigenvalue weighted by Crippen LogP contribution is -2.45. The van der Waals surface area contributed by atoms with Gasteiger partial charge in [0.1, 0.15) is 0 Å². The molecule has 0 saturated carbocycles. The van der Waals surface area contributed by atoms with E-state index in [-0.39, 0.29) is 18.5 Å². The lowest BCUT2D eigenvalue weighted by molar-refractivity contribution is -0.143. The van der Waals surface area contributed by atoms with Crippen molar-refractivity contribution in [3.63, 3.8) is 0 Å². The van der Waals surface area contributed by atoms with Crippen LogP contribution in [0.3, 0.4) is 0 Å². The molecule has 0 saturated heterocycles. The van der Waals surface area contributed by atoms with Crippen molar-refractivity contribution in [2.45, 2.75) is 508 Å². The first-order chi connectivity index (χ1) is 45.0. The van der Waals surface area contributed by atoms with Crippen molar-refractivity contribution >= 4 is 11.9 Å². The minimum absolute atomic E-state index is 0.0252. The maximum atomic E-state index is 12.6. The monoisotopic (exact) mass is 1280 g/mol. The maximum absolute atomic E-state index is 12.6. The SMILES string of the molecule is CCCCCCCCCCCCCCCCCCCCCCCCC(O)C(CO)NC(=O)CCCCCCCCCCCCCCCCCCC/C=C\CCCCCCCCCCCCCCCCOC(=O)CCCCCCCCCCCCCCCCCCC. The number of carbonyl (C=O) groups is 2. The number of unbranched alkanes of at least 4 members (excludes halogenated alkanes) is 68. The number of carbonyl (C=O) groups excluding carboxylic acids is 2. The molecule has 542 valence electrons. The Morgan fingerprint density at radius 2 is 0.516 bits per heavy atom. The third kappa shape index (κ3) is 77.5. The van der Waals surface area contributed by atoms with Crippen molar-refractivity contribution in [3.05, 3.63) is 12.2 Å². The van der Waals surface area contributed by atoms with Crippen molar-refractivity contribution in [2.24, 2.45) is 0 Å².